The average Bonchev–Trinajstić information content (AvgIpc) is 1.82. The first kappa shape index (κ1) is 6.39. The molecule has 0 N–H and O–H groups in total. The van der Waals surface area contributed by atoms with Gasteiger partial charge in [0.05, 0.1) is 6.61 Å². The molecule has 1 fully saturated rings. The third-order valence-corrected chi connectivity index (χ3v) is 1.42. The normalized spacial score (nSPS) is 28.9. The summed E-state index contributed by atoms with van der Waals surface area (Å²) < 4.78 is 1.58. The van der Waals surface area contributed by atoms with Gasteiger partial charge in [-0.1, -0.05) is 26.7 Å². The number of thiol groups is 1. The molecule has 0 radical (unpaired) electrons. The number of hydrogen-bond acceptors (Lipinski definition) is 3. The molecule has 0 atom stereocenters. The van der Waals surface area contributed by atoms with Crippen LogP contribution in [0.1, 0.15) is 13.8 Å². The highest BCUT2D eigenvalue weighted by molar-refractivity contribution is 7.77. The minimum absolute atomic E-state index is 0.293. The summed E-state index contributed by atoms with van der Waals surface area (Å²) in [5, 5.41) is 0. The summed E-state index contributed by atoms with van der Waals surface area (Å²) >= 11 is 4.02. The Labute approximate surface area is 55.3 Å². The molecule has 1 aliphatic rings. The van der Waals surface area contributed by atoms with Gasteiger partial charge in [0, 0.05) is 12.0 Å². The molecule has 1 saturated heterocycles. The van der Waals surface area contributed by atoms with E-state index in [4.69, 9.17) is 4.84 Å². The van der Waals surface area contributed by atoms with E-state index in [1.807, 2.05) is 0 Å². The summed E-state index contributed by atoms with van der Waals surface area (Å²) in [7, 11) is 0. The molecule has 0 aromatic heterocycles. The lowest BCUT2D eigenvalue weighted by Gasteiger charge is -2.10. The van der Waals surface area contributed by atoms with Gasteiger partial charge in [-0.15, -0.1) is 4.47 Å². The highest BCUT2D eigenvalue weighted by Crippen LogP contribution is 2.25. The van der Waals surface area contributed by atoms with Crippen LogP contribution >= 0.6 is 12.8 Å². The van der Waals surface area contributed by atoms with Crippen LogP contribution in [0.3, 0.4) is 0 Å². The van der Waals surface area contributed by atoms with E-state index in [1.54, 1.807) is 4.47 Å². The molecule has 0 aromatic rings. The highest BCUT2D eigenvalue weighted by atomic mass is 32.1. The average molecular weight is 133 g/mol. The van der Waals surface area contributed by atoms with Crippen molar-refractivity contribution in [2.24, 2.45) is 5.41 Å². The lowest BCUT2D eigenvalue weighted by Crippen LogP contribution is -2.16. The van der Waals surface area contributed by atoms with Crippen LogP contribution in [0.15, 0.2) is 0 Å². The van der Waals surface area contributed by atoms with E-state index in [0.29, 0.717) is 5.41 Å². The van der Waals surface area contributed by atoms with Crippen molar-refractivity contribution in [3.63, 3.8) is 0 Å². The van der Waals surface area contributed by atoms with Gasteiger partial charge >= 0.3 is 0 Å². The van der Waals surface area contributed by atoms with Gasteiger partial charge in [-0.25, -0.2) is 0 Å². The summed E-state index contributed by atoms with van der Waals surface area (Å²) in [4.78, 5) is 5.07. The second-order valence-corrected chi connectivity index (χ2v) is 3.39. The monoisotopic (exact) mass is 133 g/mol. The molecule has 2 nitrogen and oxygen atoms in total. The lowest BCUT2D eigenvalue weighted by molar-refractivity contribution is -0.0184. The number of nitrogens with zero attached hydrogens (tertiary/aromatic N) is 1. The second kappa shape index (κ2) is 1.90. The maximum atomic E-state index is 5.07. The van der Waals surface area contributed by atoms with Gasteiger partial charge in [-0.05, 0) is 0 Å². The Morgan fingerprint density at radius 1 is 1.62 bits per heavy atom. The van der Waals surface area contributed by atoms with Crippen molar-refractivity contribution in [1.29, 1.82) is 0 Å². The molecule has 1 rings (SSSR count). The number of rotatable bonds is 0. The highest BCUT2D eigenvalue weighted by Gasteiger charge is 2.28. The molecule has 0 aliphatic carbocycles. The predicted octanol–water partition coefficient (Wildman–Crippen LogP) is 1.10. The first-order valence-electron chi connectivity index (χ1n) is 2.69. The van der Waals surface area contributed by atoms with Gasteiger partial charge < -0.3 is 0 Å². The van der Waals surface area contributed by atoms with E-state index >= 15 is 0 Å². The summed E-state index contributed by atoms with van der Waals surface area (Å²) in [5.41, 5.74) is 0.293. The van der Waals surface area contributed by atoms with E-state index in [9.17, 15) is 0 Å². The first-order chi connectivity index (χ1) is 3.60. The van der Waals surface area contributed by atoms with Crippen LogP contribution in [0.5, 0.6) is 0 Å². The molecule has 0 aromatic carbocycles. The largest absolute Gasteiger partial charge is 0.288 e. The molecule has 0 saturated carbocycles. The van der Waals surface area contributed by atoms with Crippen molar-refractivity contribution in [2.75, 3.05) is 13.2 Å². The van der Waals surface area contributed by atoms with E-state index in [2.05, 4.69) is 26.7 Å². The molecule has 0 amide bonds. The zero-order chi connectivity index (χ0) is 6.20. The van der Waals surface area contributed by atoms with E-state index in [1.165, 1.54) is 0 Å². The zero-order valence-corrected chi connectivity index (χ0v) is 6.11. The molecule has 1 aliphatic heterocycles. The standard InChI is InChI=1S/C5H11NOS/c1-5(2)3-6(8)7-4-5/h8H,3-4H2,1-2H3. The maximum Gasteiger partial charge on any atom is 0.0760 e. The van der Waals surface area contributed by atoms with Crippen molar-refractivity contribution in [2.45, 2.75) is 13.8 Å². The third kappa shape index (κ3) is 1.37. The fourth-order valence-electron chi connectivity index (χ4n) is 0.707. The van der Waals surface area contributed by atoms with Crippen LogP contribution in [0.4, 0.5) is 0 Å². The van der Waals surface area contributed by atoms with Crippen LogP contribution in [-0.4, -0.2) is 17.6 Å². The van der Waals surface area contributed by atoms with Crippen molar-refractivity contribution in [1.82, 2.24) is 4.47 Å². The Kier molecular flexibility index (Phi) is 1.52. The summed E-state index contributed by atoms with van der Waals surface area (Å²) in [5.74, 6) is 0. The van der Waals surface area contributed by atoms with Crippen molar-refractivity contribution in [3.05, 3.63) is 0 Å². The van der Waals surface area contributed by atoms with Crippen LogP contribution < -0.4 is 0 Å². The Balaban J connectivity index is 2.44. The van der Waals surface area contributed by atoms with E-state index in [0.717, 1.165) is 13.2 Å². The van der Waals surface area contributed by atoms with Crippen LogP contribution in [0, 0.1) is 5.41 Å². The molecule has 0 spiro atoms. The fourth-order valence-corrected chi connectivity index (χ4v) is 1.15. The Morgan fingerprint density at radius 3 is 2.38 bits per heavy atom. The van der Waals surface area contributed by atoms with Crippen LogP contribution in [0.25, 0.3) is 0 Å². The molecule has 3 heteroatoms. The molecule has 48 valence electrons. The smallest absolute Gasteiger partial charge is 0.0760 e. The second-order valence-electron chi connectivity index (χ2n) is 2.95. The quantitative estimate of drug-likeness (QED) is 0.497. The maximum absolute atomic E-state index is 5.07. The summed E-state index contributed by atoms with van der Waals surface area (Å²) in [6.07, 6.45) is 0. The number of hydroxylamine groups is 1. The zero-order valence-electron chi connectivity index (χ0n) is 5.22. The molecule has 1 heterocycles. The lowest BCUT2D eigenvalue weighted by atomic mass is 9.97. The van der Waals surface area contributed by atoms with Gasteiger partial charge in [0.2, 0.25) is 0 Å². The van der Waals surface area contributed by atoms with Crippen LogP contribution in [-0.2, 0) is 4.84 Å². The third-order valence-electron chi connectivity index (χ3n) is 1.17. The SMILES string of the molecule is CC1(C)CON(S)C1. The van der Waals surface area contributed by atoms with E-state index in [-0.39, 0.29) is 0 Å². The molecular weight excluding hydrogens is 122 g/mol. The van der Waals surface area contributed by atoms with E-state index < -0.39 is 0 Å². The van der Waals surface area contributed by atoms with Crippen molar-refractivity contribution in [3.8, 4) is 0 Å². The van der Waals surface area contributed by atoms with Gasteiger partial charge in [0.1, 0.15) is 0 Å². The number of hydrogen-bond donors (Lipinski definition) is 1. The minimum Gasteiger partial charge on any atom is -0.288 e. The van der Waals surface area contributed by atoms with Gasteiger partial charge in [-0.3, -0.25) is 4.84 Å². The fraction of sp³-hybridized carbons (Fsp3) is 1.00. The molecule has 8 heavy (non-hydrogen) atoms. The Bertz CT molecular complexity index is 94.4. The van der Waals surface area contributed by atoms with Gasteiger partial charge in [-0.2, -0.15) is 0 Å². The van der Waals surface area contributed by atoms with Crippen LogP contribution in [0.2, 0.25) is 0 Å². The predicted molar refractivity (Wildman–Crippen MR) is 35.4 cm³/mol. The topological polar surface area (TPSA) is 12.5 Å². The molecular formula is C5H11NOS. The van der Waals surface area contributed by atoms with Gasteiger partial charge in [0.15, 0.2) is 0 Å². The Morgan fingerprint density at radius 2 is 2.25 bits per heavy atom. The Hall–Kier alpha value is 0.270. The van der Waals surface area contributed by atoms with Crippen molar-refractivity contribution < 1.29 is 4.84 Å². The summed E-state index contributed by atoms with van der Waals surface area (Å²) in [6.45, 7) is 6.01. The molecule has 0 bridgehead atoms. The first-order valence-corrected chi connectivity index (χ1v) is 3.09. The summed E-state index contributed by atoms with van der Waals surface area (Å²) in [6, 6.07) is 0. The van der Waals surface area contributed by atoms with Gasteiger partial charge in [0.25, 0.3) is 0 Å². The minimum atomic E-state index is 0.293. The molecule has 0 unspecified atom stereocenters. The van der Waals surface area contributed by atoms with Crippen molar-refractivity contribution >= 4 is 12.8 Å².